The average molecular weight is 286 g/mol. The van der Waals surface area contributed by atoms with Crippen molar-refractivity contribution in [2.75, 3.05) is 17.7 Å². The molecule has 0 spiro atoms. The quantitative estimate of drug-likeness (QED) is 0.655. The molecular formula is C11H18N4O3S. The molecule has 0 saturated carbocycles. The molecule has 1 aromatic rings. The standard InChI is InChI=1S/C11H18N4O3S/c1-7-5-9(12)15(14-7)6-10(16)13-8(11(17)18)3-4-19-2/h5,8H,3-4,6,12H2,1-2H3,(H,13,16)(H,17,18)/t8-/m1/s1. The number of carboxylic acid groups (broad SMARTS) is 1. The number of nitrogens with zero attached hydrogens (tertiary/aromatic N) is 2. The van der Waals surface area contributed by atoms with E-state index in [1.54, 1.807) is 13.0 Å². The van der Waals surface area contributed by atoms with E-state index in [0.29, 0.717) is 23.7 Å². The van der Waals surface area contributed by atoms with Crippen LogP contribution in [0.15, 0.2) is 6.07 Å². The number of aromatic nitrogens is 2. The van der Waals surface area contributed by atoms with Crippen molar-refractivity contribution in [2.24, 2.45) is 0 Å². The molecule has 0 aliphatic carbocycles. The van der Waals surface area contributed by atoms with E-state index in [1.807, 2.05) is 6.26 Å². The zero-order valence-corrected chi connectivity index (χ0v) is 11.7. The lowest BCUT2D eigenvalue weighted by molar-refractivity contribution is -0.142. The molecule has 0 aliphatic rings. The molecule has 0 radical (unpaired) electrons. The van der Waals surface area contributed by atoms with Crippen LogP contribution in [0, 0.1) is 6.92 Å². The third-order valence-electron chi connectivity index (χ3n) is 2.47. The Morgan fingerprint density at radius 3 is 2.79 bits per heavy atom. The highest BCUT2D eigenvalue weighted by Crippen LogP contribution is 2.05. The summed E-state index contributed by atoms with van der Waals surface area (Å²) in [6.45, 7) is 1.69. The molecular weight excluding hydrogens is 268 g/mol. The predicted molar refractivity (Wildman–Crippen MR) is 73.9 cm³/mol. The van der Waals surface area contributed by atoms with Gasteiger partial charge in [-0.1, -0.05) is 0 Å². The fourth-order valence-electron chi connectivity index (χ4n) is 1.56. The minimum Gasteiger partial charge on any atom is -0.480 e. The van der Waals surface area contributed by atoms with Crippen molar-refractivity contribution < 1.29 is 14.7 Å². The zero-order valence-electron chi connectivity index (χ0n) is 10.9. The summed E-state index contributed by atoms with van der Waals surface area (Å²) >= 11 is 1.53. The van der Waals surface area contributed by atoms with E-state index in [9.17, 15) is 9.59 Å². The first-order valence-electron chi connectivity index (χ1n) is 5.75. The predicted octanol–water partition coefficient (Wildman–Crippen LogP) is 0.0962. The number of carbonyl (C=O) groups is 2. The molecule has 1 heterocycles. The number of hydrogen-bond donors (Lipinski definition) is 3. The van der Waals surface area contributed by atoms with E-state index >= 15 is 0 Å². The maximum absolute atomic E-state index is 11.8. The molecule has 8 heteroatoms. The molecule has 1 amide bonds. The highest BCUT2D eigenvalue weighted by molar-refractivity contribution is 7.98. The number of thioether (sulfide) groups is 1. The van der Waals surface area contributed by atoms with Crippen LogP contribution >= 0.6 is 11.8 Å². The summed E-state index contributed by atoms with van der Waals surface area (Å²) in [5.41, 5.74) is 6.37. The number of rotatable bonds is 7. The first-order chi connectivity index (χ1) is 8.93. The molecule has 7 nitrogen and oxygen atoms in total. The van der Waals surface area contributed by atoms with Gasteiger partial charge in [-0.05, 0) is 25.4 Å². The summed E-state index contributed by atoms with van der Waals surface area (Å²) in [4.78, 5) is 22.7. The second kappa shape index (κ2) is 7.03. The van der Waals surface area contributed by atoms with Gasteiger partial charge in [-0.2, -0.15) is 16.9 Å². The minimum atomic E-state index is -1.04. The third kappa shape index (κ3) is 4.82. The third-order valence-corrected chi connectivity index (χ3v) is 3.11. The number of nitrogens with two attached hydrogens (primary N) is 1. The normalized spacial score (nSPS) is 12.1. The van der Waals surface area contributed by atoms with E-state index in [1.165, 1.54) is 16.4 Å². The van der Waals surface area contributed by atoms with Crippen LogP contribution in [0.3, 0.4) is 0 Å². The molecule has 0 aromatic carbocycles. The lowest BCUT2D eigenvalue weighted by Crippen LogP contribution is -2.42. The van der Waals surface area contributed by atoms with Crippen LogP contribution < -0.4 is 11.1 Å². The molecule has 106 valence electrons. The van der Waals surface area contributed by atoms with E-state index in [2.05, 4.69) is 10.4 Å². The maximum atomic E-state index is 11.8. The van der Waals surface area contributed by atoms with Crippen LogP contribution in [0.2, 0.25) is 0 Å². The van der Waals surface area contributed by atoms with Crippen LogP contribution in [-0.4, -0.2) is 44.8 Å². The molecule has 1 rings (SSSR count). The van der Waals surface area contributed by atoms with Crippen LogP contribution in [0.5, 0.6) is 0 Å². The summed E-state index contributed by atoms with van der Waals surface area (Å²) < 4.78 is 1.35. The number of aryl methyl sites for hydroxylation is 1. The van der Waals surface area contributed by atoms with Gasteiger partial charge >= 0.3 is 5.97 Å². The largest absolute Gasteiger partial charge is 0.480 e. The van der Waals surface area contributed by atoms with Crippen molar-refractivity contribution in [3.63, 3.8) is 0 Å². The Hall–Kier alpha value is -1.70. The SMILES string of the molecule is CSCC[C@@H](NC(=O)Cn1nc(C)cc1N)C(=O)O. The molecule has 1 aromatic heterocycles. The second-order valence-corrected chi connectivity index (χ2v) is 5.09. The summed E-state index contributed by atoms with van der Waals surface area (Å²) in [5.74, 6) is -0.403. The number of amides is 1. The van der Waals surface area contributed by atoms with Crippen LogP contribution in [0.25, 0.3) is 0 Å². The van der Waals surface area contributed by atoms with Gasteiger partial charge < -0.3 is 16.2 Å². The summed E-state index contributed by atoms with van der Waals surface area (Å²) in [6, 6.07) is 0.771. The molecule has 4 N–H and O–H groups in total. The van der Waals surface area contributed by atoms with Crippen LogP contribution in [-0.2, 0) is 16.1 Å². The Balaban J connectivity index is 2.57. The Morgan fingerprint density at radius 1 is 1.63 bits per heavy atom. The fraction of sp³-hybridized carbons (Fsp3) is 0.545. The lowest BCUT2D eigenvalue weighted by Gasteiger charge is -2.14. The smallest absolute Gasteiger partial charge is 0.326 e. The number of anilines is 1. The van der Waals surface area contributed by atoms with E-state index < -0.39 is 17.9 Å². The highest BCUT2D eigenvalue weighted by Gasteiger charge is 2.19. The van der Waals surface area contributed by atoms with Crippen molar-refractivity contribution >= 4 is 29.5 Å². The Labute approximate surface area is 115 Å². The Bertz CT molecular complexity index is 461. The van der Waals surface area contributed by atoms with Crippen LogP contribution in [0.1, 0.15) is 12.1 Å². The van der Waals surface area contributed by atoms with Crippen molar-refractivity contribution in [2.45, 2.75) is 25.9 Å². The fourth-order valence-corrected chi connectivity index (χ4v) is 2.03. The highest BCUT2D eigenvalue weighted by atomic mass is 32.2. The Kier molecular flexibility index (Phi) is 5.68. The van der Waals surface area contributed by atoms with Gasteiger partial charge in [0.15, 0.2) is 0 Å². The molecule has 0 saturated heterocycles. The van der Waals surface area contributed by atoms with Crippen LogP contribution in [0.4, 0.5) is 5.82 Å². The van der Waals surface area contributed by atoms with Gasteiger partial charge in [0.1, 0.15) is 18.4 Å². The number of nitrogens with one attached hydrogen (secondary N) is 1. The first kappa shape index (κ1) is 15.4. The zero-order chi connectivity index (χ0) is 14.4. The van der Waals surface area contributed by atoms with E-state index in [0.717, 1.165) is 0 Å². The van der Waals surface area contributed by atoms with Gasteiger partial charge in [-0.3, -0.25) is 4.79 Å². The van der Waals surface area contributed by atoms with Gasteiger partial charge in [0.2, 0.25) is 5.91 Å². The van der Waals surface area contributed by atoms with Crippen molar-refractivity contribution in [1.29, 1.82) is 0 Å². The average Bonchev–Trinajstić information content (AvgIpc) is 2.62. The summed E-state index contributed by atoms with van der Waals surface area (Å²) in [5, 5.41) is 15.5. The number of carboxylic acids is 1. The molecule has 0 aliphatic heterocycles. The number of hydrogen-bond acceptors (Lipinski definition) is 5. The molecule has 1 atom stereocenters. The van der Waals surface area contributed by atoms with Gasteiger partial charge in [-0.15, -0.1) is 0 Å². The lowest BCUT2D eigenvalue weighted by atomic mass is 10.2. The second-order valence-electron chi connectivity index (χ2n) is 4.11. The van der Waals surface area contributed by atoms with Crippen molar-refractivity contribution in [3.8, 4) is 0 Å². The molecule has 0 fully saturated rings. The van der Waals surface area contributed by atoms with E-state index in [4.69, 9.17) is 10.8 Å². The summed E-state index contributed by atoms with van der Waals surface area (Å²) in [7, 11) is 0. The monoisotopic (exact) mass is 286 g/mol. The van der Waals surface area contributed by atoms with Crippen molar-refractivity contribution in [1.82, 2.24) is 15.1 Å². The topological polar surface area (TPSA) is 110 Å². The molecule has 19 heavy (non-hydrogen) atoms. The summed E-state index contributed by atoms with van der Waals surface area (Å²) in [6.07, 6.45) is 2.27. The van der Waals surface area contributed by atoms with Gasteiger partial charge in [0.25, 0.3) is 0 Å². The maximum Gasteiger partial charge on any atom is 0.326 e. The number of aliphatic carboxylic acids is 1. The van der Waals surface area contributed by atoms with Gasteiger partial charge in [0.05, 0.1) is 5.69 Å². The Morgan fingerprint density at radius 2 is 2.32 bits per heavy atom. The van der Waals surface area contributed by atoms with E-state index in [-0.39, 0.29) is 6.54 Å². The molecule has 0 unspecified atom stereocenters. The van der Waals surface area contributed by atoms with Gasteiger partial charge in [-0.25, -0.2) is 9.48 Å². The first-order valence-corrected chi connectivity index (χ1v) is 7.14. The minimum absolute atomic E-state index is 0.0806. The number of carbonyl (C=O) groups excluding carboxylic acids is 1. The molecule has 0 bridgehead atoms. The van der Waals surface area contributed by atoms with Crippen molar-refractivity contribution in [3.05, 3.63) is 11.8 Å². The van der Waals surface area contributed by atoms with Gasteiger partial charge in [0, 0.05) is 6.07 Å². The number of nitrogen functional groups attached to an aromatic ring is 1.